The third-order valence-electron chi connectivity index (χ3n) is 3.47. The Balaban J connectivity index is 1.88. The Hall–Kier alpha value is -2.25. The number of aromatic nitrogens is 1. The van der Waals surface area contributed by atoms with Gasteiger partial charge in [0.25, 0.3) is 5.91 Å². The SMILES string of the molecule is CC(C(=O)O)N(C)Cc1csc(CNC(=O)c2ccccc2)n1. The lowest BCUT2D eigenvalue weighted by atomic mass is 10.2. The predicted octanol–water partition coefficient (Wildman–Crippen LogP) is 1.98. The lowest BCUT2D eigenvalue weighted by Crippen LogP contribution is -2.35. The highest BCUT2D eigenvalue weighted by Crippen LogP contribution is 2.13. The second kappa shape index (κ2) is 7.85. The molecular formula is C16H19N3O3S. The van der Waals surface area contributed by atoms with Crippen molar-refractivity contribution in [2.75, 3.05) is 7.05 Å². The highest BCUT2D eigenvalue weighted by molar-refractivity contribution is 7.09. The van der Waals surface area contributed by atoms with E-state index in [0.717, 1.165) is 10.7 Å². The van der Waals surface area contributed by atoms with Gasteiger partial charge in [-0.05, 0) is 26.1 Å². The van der Waals surface area contributed by atoms with Crippen LogP contribution in [0, 0.1) is 0 Å². The van der Waals surface area contributed by atoms with Crippen molar-refractivity contribution in [1.82, 2.24) is 15.2 Å². The molecule has 0 aliphatic heterocycles. The van der Waals surface area contributed by atoms with Crippen LogP contribution in [0.2, 0.25) is 0 Å². The summed E-state index contributed by atoms with van der Waals surface area (Å²) in [4.78, 5) is 29.0. The number of hydrogen-bond acceptors (Lipinski definition) is 5. The van der Waals surface area contributed by atoms with Crippen LogP contribution in [0.3, 0.4) is 0 Å². The first-order chi connectivity index (χ1) is 11.0. The lowest BCUT2D eigenvalue weighted by molar-refractivity contribution is -0.142. The molecule has 1 heterocycles. The summed E-state index contributed by atoms with van der Waals surface area (Å²) in [5, 5.41) is 14.5. The Kier molecular flexibility index (Phi) is 5.84. The van der Waals surface area contributed by atoms with Gasteiger partial charge < -0.3 is 10.4 Å². The maximum absolute atomic E-state index is 12.0. The van der Waals surface area contributed by atoms with E-state index in [1.807, 2.05) is 23.6 Å². The lowest BCUT2D eigenvalue weighted by Gasteiger charge is -2.19. The fourth-order valence-corrected chi connectivity index (χ4v) is 2.66. The molecule has 2 rings (SSSR count). The molecule has 0 radical (unpaired) electrons. The minimum absolute atomic E-state index is 0.140. The van der Waals surface area contributed by atoms with Gasteiger partial charge in [0.05, 0.1) is 12.2 Å². The molecule has 0 bridgehead atoms. The van der Waals surface area contributed by atoms with Gasteiger partial charge in [-0.15, -0.1) is 11.3 Å². The predicted molar refractivity (Wildman–Crippen MR) is 88.3 cm³/mol. The first-order valence-corrected chi connectivity index (χ1v) is 8.05. The third-order valence-corrected chi connectivity index (χ3v) is 4.36. The molecule has 0 saturated carbocycles. The average Bonchev–Trinajstić information content (AvgIpc) is 2.99. The number of benzene rings is 1. The molecule has 0 aliphatic carbocycles. The van der Waals surface area contributed by atoms with Crippen molar-refractivity contribution in [3.05, 3.63) is 52.0 Å². The normalized spacial score (nSPS) is 12.1. The molecular weight excluding hydrogens is 314 g/mol. The van der Waals surface area contributed by atoms with E-state index in [2.05, 4.69) is 10.3 Å². The van der Waals surface area contributed by atoms with Gasteiger partial charge in [-0.1, -0.05) is 18.2 Å². The van der Waals surface area contributed by atoms with Crippen LogP contribution >= 0.6 is 11.3 Å². The van der Waals surface area contributed by atoms with Gasteiger partial charge >= 0.3 is 5.97 Å². The van der Waals surface area contributed by atoms with Crippen LogP contribution < -0.4 is 5.32 Å². The number of thiazole rings is 1. The second-order valence-electron chi connectivity index (χ2n) is 5.21. The van der Waals surface area contributed by atoms with Gasteiger partial charge in [0.15, 0.2) is 0 Å². The number of likely N-dealkylation sites (N-methyl/N-ethyl adjacent to an activating group) is 1. The number of nitrogens with one attached hydrogen (secondary N) is 1. The average molecular weight is 333 g/mol. The summed E-state index contributed by atoms with van der Waals surface area (Å²) in [6, 6.07) is 8.43. The van der Waals surface area contributed by atoms with E-state index in [1.54, 1.807) is 31.0 Å². The van der Waals surface area contributed by atoms with E-state index < -0.39 is 12.0 Å². The largest absolute Gasteiger partial charge is 0.480 e. The number of carbonyl (C=O) groups excluding carboxylic acids is 1. The molecule has 23 heavy (non-hydrogen) atoms. The first-order valence-electron chi connectivity index (χ1n) is 7.17. The molecule has 2 N–H and O–H groups in total. The van der Waals surface area contributed by atoms with Gasteiger partial charge in [0, 0.05) is 17.5 Å². The van der Waals surface area contributed by atoms with Crippen LogP contribution in [-0.4, -0.2) is 40.0 Å². The molecule has 1 atom stereocenters. The van der Waals surface area contributed by atoms with Gasteiger partial charge in [0.2, 0.25) is 0 Å². The van der Waals surface area contributed by atoms with E-state index >= 15 is 0 Å². The topological polar surface area (TPSA) is 82.5 Å². The minimum atomic E-state index is -0.863. The van der Waals surface area contributed by atoms with Gasteiger partial charge in [-0.25, -0.2) is 4.98 Å². The number of amides is 1. The zero-order chi connectivity index (χ0) is 16.8. The molecule has 0 fully saturated rings. The summed E-state index contributed by atoms with van der Waals surface area (Å²) in [5.41, 5.74) is 1.41. The number of rotatable bonds is 7. The van der Waals surface area contributed by atoms with Crippen LogP contribution in [0.5, 0.6) is 0 Å². The monoisotopic (exact) mass is 333 g/mol. The maximum atomic E-state index is 12.0. The van der Waals surface area contributed by atoms with Crippen molar-refractivity contribution < 1.29 is 14.7 Å². The van der Waals surface area contributed by atoms with E-state index in [9.17, 15) is 9.59 Å². The number of hydrogen-bond donors (Lipinski definition) is 2. The molecule has 0 aliphatic rings. The molecule has 0 saturated heterocycles. The summed E-state index contributed by atoms with van der Waals surface area (Å²) in [6.07, 6.45) is 0. The number of carboxylic acid groups (broad SMARTS) is 1. The Morgan fingerprint density at radius 2 is 2.04 bits per heavy atom. The van der Waals surface area contributed by atoms with Crippen LogP contribution in [0.4, 0.5) is 0 Å². The molecule has 1 unspecified atom stereocenters. The zero-order valence-corrected chi connectivity index (χ0v) is 13.8. The van der Waals surface area contributed by atoms with Crippen LogP contribution in [0.15, 0.2) is 35.7 Å². The summed E-state index contributed by atoms with van der Waals surface area (Å²) in [6.45, 7) is 2.45. The molecule has 0 spiro atoms. The quantitative estimate of drug-likeness (QED) is 0.809. The van der Waals surface area contributed by atoms with Crippen molar-refractivity contribution in [2.45, 2.75) is 26.1 Å². The van der Waals surface area contributed by atoms with E-state index in [-0.39, 0.29) is 5.91 Å². The molecule has 1 aromatic carbocycles. The van der Waals surface area contributed by atoms with E-state index in [0.29, 0.717) is 18.7 Å². The molecule has 7 heteroatoms. The Morgan fingerprint density at radius 3 is 2.70 bits per heavy atom. The standard InChI is InChI=1S/C16H19N3O3S/c1-11(16(21)22)19(2)9-13-10-23-14(18-13)8-17-15(20)12-6-4-3-5-7-12/h3-7,10-11H,8-9H2,1-2H3,(H,17,20)(H,21,22). The molecule has 1 aromatic heterocycles. The van der Waals surface area contributed by atoms with Gasteiger partial charge in [-0.2, -0.15) is 0 Å². The van der Waals surface area contributed by atoms with Crippen LogP contribution in [-0.2, 0) is 17.9 Å². The van der Waals surface area contributed by atoms with E-state index in [4.69, 9.17) is 5.11 Å². The van der Waals surface area contributed by atoms with Crippen molar-refractivity contribution in [1.29, 1.82) is 0 Å². The summed E-state index contributed by atoms with van der Waals surface area (Å²) >= 11 is 1.45. The van der Waals surface area contributed by atoms with Crippen molar-refractivity contribution in [2.24, 2.45) is 0 Å². The number of nitrogens with zero attached hydrogens (tertiary/aromatic N) is 2. The summed E-state index contributed by atoms with van der Waals surface area (Å²) < 4.78 is 0. The zero-order valence-electron chi connectivity index (χ0n) is 13.0. The third kappa shape index (κ3) is 4.87. The highest BCUT2D eigenvalue weighted by Gasteiger charge is 2.17. The highest BCUT2D eigenvalue weighted by atomic mass is 32.1. The molecule has 6 nitrogen and oxygen atoms in total. The Bertz CT molecular complexity index is 672. The molecule has 2 aromatic rings. The second-order valence-corrected chi connectivity index (χ2v) is 6.15. The Labute approximate surface area is 138 Å². The number of aliphatic carboxylic acids is 1. The van der Waals surface area contributed by atoms with Crippen LogP contribution in [0.1, 0.15) is 28.0 Å². The molecule has 122 valence electrons. The van der Waals surface area contributed by atoms with Crippen LogP contribution in [0.25, 0.3) is 0 Å². The van der Waals surface area contributed by atoms with Crippen molar-refractivity contribution in [3.8, 4) is 0 Å². The summed E-state index contributed by atoms with van der Waals surface area (Å²) in [7, 11) is 1.75. The molecule has 1 amide bonds. The smallest absolute Gasteiger partial charge is 0.320 e. The van der Waals surface area contributed by atoms with E-state index in [1.165, 1.54) is 11.3 Å². The minimum Gasteiger partial charge on any atom is -0.480 e. The van der Waals surface area contributed by atoms with Crippen molar-refractivity contribution in [3.63, 3.8) is 0 Å². The number of carboxylic acids is 1. The first kappa shape index (κ1) is 17.1. The Morgan fingerprint density at radius 1 is 1.35 bits per heavy atom. The van der Waals surface area contributed by atoms with Crippen molar-refractivity contribution >= 4 is 23.2 Å². The van der Waals surface area contributed by atoms with Gasteiger partial charge in [-0.3, -0.25) is 14.5 Å². The number of carbonyl (C=O) groups is 2. The fraction of sp³-hybridized carbons (Fsp3) is 0.312. The summed E-state index contributed by atoms with van der Waals surface area (Å²) in [5.74, 6) is -1.00. The fourth-order valence-electron chi connectivity index (χ4n) is 1.93. The van der Waals surface area contributed by atoms with Gasteiger partial charge in [0.1, 0.15) is 11.0 Å². The maximum Gasteiger partial charge on any atom is 0.320 e.